The van der Waals surface area contributed by atoms with Gasteiger partial charge < -0.3 is 10.2 Å². The lowest BCUT2D eigenvalue weighted by Gasteiger charge is -2.25. The Hall–Kier alpha value is -3.37. The first kappa shape index (κ1) is 22.4. The van der Waals surface area contributed by atoms with Crippen LogP contribution in [0.2, 0.25) is 0 Å². The molecule has 1 aliphatic rings. The standard InChI is InChI=1S/C24H23N5O3S2/c1-15(30)16-7-9-17(10-8-16)25-19(31)14-29-23(32)21-22(20(27-29)18-6-5-13-33-18)34-24(26-21)28-11-3-2-4-12-28/h5-10,13H,2-4,11-12,14H2,1H3,(H,25,31). The number of carbonyl (C=O) groups is 2. The third-order valence-electron chi connectivity index (χ3n) is 5.74. The van der Waals surface area contributed by atoms with Crippen molar-refractivity contribution in [2.24, 2.45) is 0 Å². The van der Waals surface area contributed by atoms with Crippen molar-refractivity contribution < 1.29 is 9.59 Å². The van der Waals surface area contributed by atoms with Gasteiger partial charge in [0.25, 0.3) is 5.56 Å². The molecule has 1 amide bonds. The number of piperidine rings is 1. The molecule has 0 atom stereocenters. The van der Waals surface area contributed by atoms with Crippen LogP contribution in [0.25, 0.3) is 20.8 Å². The minimum Gasteiger partial charge on any atom is -0.348 e. The summed E-state index contributed by atoms with van der Waals surface area (Å²) in [5.74, 6) is -0.427. The van der Waals surface area contributed by atoms with Crippen molar-refractivity contribution in [2.45, 2.75) is 32.7 Å². The summed E-state index contributed by atoms with van der Waals surface area (Å²) < 4.78 is 1.95. The van der Waals surface area contributed by atoms with Gasteiger partial charge in [0.05, 0.1) is 9.58 Å². The molecule has 8 nitrogen and oxygen atoms in total. The molecular formula is C24H23N5O3S2. The molecule has 5 rings (SSSR count). The first-order valence-electron chi connectivity index (χ1n) is 11.1. The molecule has 0 spiro atoms. The molecule has 1 aromatic carbocycles. The highest BCUT2D eigenvalue weighted by molar-refractivity contribution is 7.23. The molecule has 10 heteroatoms. The van der Waals surface area contributed by atoms with Crippen LogP contribution in [0.4, 0.5) is 10.8 Å². The highest BCUT2D eigenvalue weighted by atomic mass is 32.1. The summed E-state index contributed by atoms with van der Waals surface area (Å²) in [4.78, 5) is 45.3. The van der Waals surface area contributed by atoms with Gasteiger partial charge in [0.1, 0.15) is 12.2 Å². The van der Waals surface area contributed by atoms with E-state index in [2.05, 4.69) is 15.3 Å². The smallest absolute Gasteiger partial charge is 0.294 e. The molecule has 0 unspecified atom stereocenters. The Kier molecular flexibility index (Phi) is 6.25. The SMILES string of the molecule is CC(=O)c1ccc(NC(=O)Cn2nc(-c3cccs3)c3sc(N4CCCCC4)nc3c2=O)cc1. The molecule has 34 heavy (non-hydrogen) atoms. The summed E-state index contributed by atoms with van der Waals surface area (Å²) in [7, 11) is 0. The number of Topliss-reactive ketones (excluding diaryl/α,β-unsaturated/α-hetero) is 1. The van der Waals surface area contributed by atoms with Gasteiger partial charge in [-0.25, -0.2) is 9.67 Å². The quantitative estimate of drug-likeness (QED) is 0.400. The third kappa shape index (κ3) is 4.51. The van der Waals surface area contributed by atoms with Crippen molar-refractivity contribution in [1.82, 2.24) is 14.8 Å². The van der Waals surface area contributed by atoms with Crippen molar-refractivity contribution in [2.75, 3.05) is 23.3 Å². The van der Waals surface area contributed by atoms with Gasteiger partial charge in [0.15, 0.2) is 16.4 Å². The van der Waals surface area contributed by atoms with Crippen LogP contribution >= 0.6 is 22.7 Å². The van der Waals surface area contributed by atoms with Crippen LogP contribution in [-0.2, 0) is 11.3 Å². The number of hydrogen-bond acceptors (Lipinski definition) is 8. The predicted octanol–water partition coefficient (Wildman–Crippen LogP) is 4.41. The Morgan fingerprint density at radius 1 is 1.09 bits per heavy atom. The zero-order valence-electron chi connectivity index (χ0n) is 18.6. The average molecular weight is 494 g/mol. The van der Waals surface area contributed by atoms with Gasteiger partial charge in [0.2, 0.25) is 5.91 Å². The number of nitrogens with zero attached hydrogens (tertiary/aromatic N) is 4. The highest BCUT2D eigenvalue weighted by Crippen LogP contribution is 2.36. The molecule has 0 aliphatic carbocycles. The first-order valence-corrected chi connectivity index (χ1v) is 12.8. The topological polar surface area (TPSA) is 97.2 Å². The van der Waals surface area contributed by atoms with Gasteiger partial charge >= 0.3 is 0 Å². The molecule has 0 bridgehead atoms. The maximum absolute atomic E-state index is 13.3. The van der Waals surface area contributed by atoms with E-state index in [0.29, 0.717) is 22.5 Å². The van der Waals surface area contributed by atoms with Crippen molar-refractivity contribution in [3.05, 3.63) is 57.7 Å². The van der Waals surface area contributed by atoms with Gasteiger partial charge in [-0.05, 0) is 61.9 Å². The van der Waals surface area contributed by atoms with Gasteiger partial charge in [0, 0.05) is 24.3 Å². The lowest BCUT2D eigenvalue weighted by atomic mass is 10.1. The Balaban J connectivity index is 1.48. The van der Waals surface area contributed by atoms with E-state index in [1.165, 1.54) is 40.7 Å². The molecular weight excluding hydrogens is 470 g/mol. The molecule has 1 saturated heterocycles. The van der Waals surface area contributed by atoms with E-state index >= 15 is 0 Å². The summed E-state index contributed by atoms with van der Waals surface area (Å²) in [5, 5.41) is 10.1. The number of carbonyl (C=O) groups excluding carboxylic acids is 2. The van der Waals surface area contributed by atoms with Crippen LogP contribution in [0.3, 0.4) is 0 Å². The molecule has 0 saturated carbocycles. The minimum absolute atomic E-state index is 0.0461. The molecule has 0 radical (unpaired) electrons. The Morgan fingerprint density at radius 3 is 2.53 bits per heavy atom. The highest BCUT2D eigenvalue weighted by Gasteiger charge is 2.22. The second-order valence-corrected chi connectivity index (χ2v) is 10.1. The number of anilines is 2. The third-order valence-corrected chi connectivity index (χ3v) is 7.74. The maximum atomic E-state index is 13.3. The number of hydrogen-bond donors (Lipinski definition) is 1. The van der Waals surface area contributed by atoms with E-state index in [4.69, 9.17) is 4.98 Å². The summed E-state index contributed by atoms with van der Waals surface area (Å²) in [6, 6.07) is 10.5. The van der Waals surface area contributed by atoms with E-state index in [1.54, 1.807) is 24.3 Å². The van der Waals surface area contributed by atoms with Crippen LogP contribution in [0.5, 0.6) is 0 Å². The first-order chi connectivity index (χ1) is 16.5. The number of nitrogens with one attached hydrogen (secondary N) is 1. The fourth-order valence-electron chi connectivity index (χ4n) is 3.97. The Bertz CT molecular complexity index is 1400. The largest absolute Gasteiger partial charge is 0.348 e. The second kappa shape index (κ2) is 9.47. The number of aromatic nitrogens is 3. The number of benzene rings is 1. The normalized spacial score (nSPS) is 13.9. The number of rotatable bonds is 6. The Morgan fingerprint density at radius 2 is 1.85 bits per heavy atom. The van der Waals surface area contributed by atoms with E-state index in [9.17, 15) is 14.4 Å². The average Bonchev–Trinajstić information content (AvgIpc) is 3.53. The number of thiophene rings is 1. The molecule has 174 valence electrons. The van der Waals surface area contributed by atoms with E-state index < -0.39 is 0 Å². The number of thiazole rings is 1. The van der Waals surface area contributed by atoms with Crippen LogP contribution in [0.1, 0.15) is 36.5 Å². The van der Waals surface area contributed by atoms with Gasteiger partial charge in [-0.1, -0.05) is 17.4 Å². The lowest BCUT2D eigenvalue weighted by molar-refractivity contribution is -0.117. The van der Waals surface area contributed by atoms with Crippen LogP contribution in [0, 0.1) is 0 Å². The summed E-state index contributed by atoms with van der Waals surface area (Å²) >= 11 is 3.03. The molecule has 1 fully saturated rings. The van der Waals surface area contributed by atoms with Crippen molar-refractivity contribution in [3.8, 4) is 10.6 Å². The molecule has 1 aliphatic heterocycles. The minimum atomic E-state index is -0.381. The summed E-state index contributed by atoms with van der Waals surface area (Å²) in [6.07, 6.45) is 3.44. The maximum Gasteiger partial charge on any atom is 0.294 e. The molecule has 4 heterocycles. The summed E-state index contributed by atoms with van der Waals surface area (Å²) in [6.45, 7) is 3.11. The van der Waals surface area contributed by atoms with E-state index in [0.717, 1.165) is 40.6 Å². The molecule has 1 N–H and O–H groups in total. The molecule has 3 aromatic heterocycles. The number of fused-ring (bicyclic) bond motifs is 1. The van der Waals surface area contributed by atoms with Gasteiger partial charge in [-0.15, -0.1) is 11.3 Å². The van der Waals surface area contributed by atoms with Crippen molar-refractivity contribution >= 4 is 55.4 Å². The lowest BCUT2D eigenvalue weighted by Crippen LogP contribution is -2.30. The van der Waals surface area contributed by atoms with Crippen LogP contribution in [0.15, 0.2) is 46.6 Å². The second-order valence-electron chi connectivity index (χ2n) is 8.19. The fourth-order valence-corrected chi connectivity index (χ4v) is 5.86. The van der Waals surface area contributed by atoms with Crippen LogP contribution in [-0.4, -0.2) is 39.5 Å². The zero-order chi connectivity index (χ0) is 23.7. The zero-order valence-corrected chi connectivity index (χ0v) is 20.2. The van der Waals surface area contributed by atoms with Gasteiger partial charge in [-0.3, -0.25) is 14.4 Å². The van der Waals surface area contributed by atoms with Crippen molar-refractivity contribution in [3.63, 3.8) is 0 Å². The number of ketones is 1. The van der Waals surface area contributed by atoms with Gasteiger partial charge in [-0.2, -0.15) is 5.10 Å². The summed E-state index contributed by atoms with van der Waals surface area (Å²) in [5.41, 5.74) is 1.75. The van der Waals surface area contributed by atoms with Crippen LogP contribution < -0.4 is 15.8 Å². The van der Waals surface area contributed by atoms with E-state index in [1.807, 2.05) is 17.5 Å². The Labute approximate surface area is 203 Å². The van der Waals surface area contributed by atoms with Crippen molar-refractivity contribution in [1.29, 1.82) is 0 Å². The molecule has 4 aromatic rings. The number of amides is 1. The van der Waals surface area contributed by atoms with E-state index in [-0.39, 0.29) is 23.8 Å². The predicted molar refractivity (Wildman–Crippen MR) is 136 cm³/mol. The monoisotopic (exact) mass is 493 g/mol. The fraction of sp³-hybridized carbons (Fsp3) is 0.292.